The maximum atomic E-state index is 5.81. The zero-order valence-corrected chi connectivity index (χ0v) is 13.3. The molecule has 1 heterocycles. The fourth-order valence-electron chi connectivity index (χ4n) is 2.53. The molecule has 1 unspecified atom stereocenters. The number of nitrogens with one attached hydrogen (secondary N) is 1. The van der Waals surface area contributed by atoms with Crippen LogP contribution in [0.15, 0.2) is 0 Å². The highest BCUT2D eigenvalue weighted by Gasteiger charge is 2.35. The van der Waals surface area contributed by atoms with Gasteiger partial charge in [0.2, 0.25) is 0 Å². The molecule has 0 saturated carbocycles. The third-order valence-electron chi connectivity index (χ3n) is 4.04. The first-order valence-corrected chi connectivity index (χ1v) is 7.49. The molecule has 1 aromatic heterocycles. The normalized spacial score (nSPS) is 13.9. The zero-order chi connectivity index (χ0) is 13.8. The molecule has 1 aromatic rings. The highest BCUT2D eigenvalue weighted by atomic mass is 32.1. The van der Waals surface area contributed by atoms with E-state index >= 15 is 0 Å². The minimum Gasteiger partial charge on any atom is -0.377 e. The van der Waals surface area contributed by atoms with Crippen LogP contribution in [0.4, 0.5) is 0 Å². The second kappa shape index (κ2) is 6.64. The molecule has 0 aromatic carbocycles. The van der Waals surface area contributed by atoms with Crippen molar-refractivity contribution in [1.29, 1.82) is 0 Å². The average molecular weight is 270 g/mol. The number of rotatable bonds is 7. The van der Waals surface area contributed by atoms with Crippen LogP contribution in [0.1, 0.15) is 42.3 Å². The Morgan fingerprint density at radius 3 is 2.28 bits per heavy atom. The van der Waals surface area contributed by atoms with E-state index in [1.807, 2.05) is 14.2 Å². The summed E-state index contributed by atoms with van der Waals surface area (Å²) in [7, 11) is 3.83. The molecular formula is C14H26N2OS. The largest absolute Gasteiger partial charge is 0.377 e. The minimum absolute atomic E-state index is 0.0950. The lowest BCUT2D eigenvalue weighted by Gasteiger charge is -2.38. The lowest BCUT2D eigenvalue weighted by Crippen LogP contribution is -2.51. The van der Waals surface area contributed by atoms with Gasteiger partial charge in [0, 0.05) is 24.4 Å². The summed E-state index contributed by atoms with van der Waals surface area (Å²) in [5.74, 6) is 0. The Morgan fingerprint density at radius 2 is 1.94 bits per heavy atom. The van der Waals surface area contributed by atoms with Gasteiger partial charge in [-0.1, -0.05) is 13.8 Å². The van der Waals surface area contributed by atoms with Crippen LogP contribution in [0, 0.1) is 13.8 Å². The number of aryl methyl sites for hydroxylation is 2. The molecule has 4 heteroatoms. The van der Waals surface area contributed by atoms with Gasteiger partial charge in [0.15, 0.2) is 0 Å². The molecule has 3 nitrogen and oxygen atoms in total. The van der Waals surface area contributed by atoms with Gasteiger partial charge in [0.25, 0.3) is 0 Å². The summed E-state index contributed by atoms with van der Waals surface area (Å²) in [6, 6.07) is 0.308. The standard InChI is InChI=1S/C14H26N2OS/c1-7-14(8-2,17-6)12(15-5)9-13-16-10(3)11(4)18-13/h12,15H,7-9H2,1-6H3. The van der Waals surface area contributed by atoms with E-state index < -0.39 is 0 Å². The van der Waals surface area contributed by atoms with Crippen molar-refractivity contribution in [2.24, 2.45) is 0 Å². The molecule has 1 N–H and O–H groups in total. The summed E-state index contributed by atoms with van der Waals surface area (Å²) in [6.45, 7) is 8.59. The monoisotopic (exact) mass is 270 g/mol. The van der Waals surface area contributed by atoms with Crippen molar-refractivity contribution in [3.63, 3.8) is 0 Å². The Hall–Kier alpha value is -0.450. The molecule has 0 amide bonds. The van der Waals surface area contributed by atoms with Gasteiger partial charge in [-0.2, -0.15) is 0 Å². The number of nitrogens with zero attached hydrogens (tertiary/aromatic N) is 1. The number of aromatic nitrogens is 1. The lowest BCUT2D eigenvalue weighted by molar-refractivity contribution is -0.0454. The summed E-state index contributed by atoms with van der Waals surface area (Å²) in [5.41, 5.74) is 1.06. The van der Waals surface area contributed by atoms with Crippen molar-refractivity contribution >= 4 is 11.3 Å². The van der Waals surface area contributed by atoms with Gasteiger partial charge in [-0.25, -0.2) is 4.98 Å². The average Bonchev–Trinajstić information content (AvgIpc) is 2.69. The van der Waals surface area contributed by atoms with Crippen LogP contribution in [0.5, 0.6) is 0 Å². The third kappa shape index (κ3) is 3.11. The van der Waals surface area contributed by atoms with Crippen molar-refractivity contribution in [2.45, 2.75) is 58.6 Å². The molecule has 0 fully saturated rings. The number of ether oxygens (including phenoxy) is 1. The van der Waals surface area contributed by atoms with Crippen molar-refractivity contribution < 1.29 is 4.74 Å². The lowest BCUT2D eigenvalue weighted by atomic mass is 9.86. The molecule has 0 spiro atoms. The molecule has 0 bridgehead atoms. The smallest absolute Gasteiger partial charge is 0.0947 e. The second-order valence-corrected chi connectivity index (χ2v) is 6.06. The molecular weight excluding hydrogens is 244 g/mol. The van der Waals surface area contributed by atoms with E-state index in [2.05, 4.69) is 38.0 Å². The summed E-state index contributed by atoms with van der Waals surface area (Å²) in [6.07, 6.45) is 2.95. The Bertz CT molecular complexity index is 344. The number of likely N-dealkylation sites (N-methyl/N-ethyl adjacent to an activating group) is 1. The number of thiazole rings is 1. The van der Waals surface area contributed by atoms with Crippen molar-refractivity contribution in [1.82, 2.24) is 10.3 Å². The van der Waals surface area contributed by atoms with Crippen molar-refractivity contribution in [2.75, 3.05) is 14.2 Å². The Morgan fingerprint density at radius 1 is 1.33 bits per heavy atom. The van der Waals surface area contributed by atoms with E-state index in [0.29, 0.717) is 6.04 Å². The SMILES string of the molecule is CCC(CC)(OC)C(Cc1nc(C)c(C)s1)NC. The van der Waals surface area contributed by atoms with Crippen LogP contribution in [-0.2, 0) is 11.2 Å². The molecule has 104 valence electrons. The molecule has 0 aliphatic rings. The summed E-state index contributed by atoms with van der Waals surface area (Å²) in [5, 5.41) is 4.62. The highest BCUT2D eigenvalue weighted by molar-refractivity contribution is 7.11. The topological polar surface area (TPSA) is 34.1 Å². The number of methoxy groups -OCH3 is 1. The predicted octanol–water partition coefficient (Wildman–Crippen LogP) is 3.10. The Balaban J connectivity index is 2.89. The van der Waals surface area contributed by atoms with Gasteiger partial charge in [-0.15, -0.1) is 11.3 Å². The maximum Gasteiger partial charge on any atom is 0.0947 e. The van der Waals surface area contributed by atoms with Crippen LogP contribution in [0.2, 0.25) is 0 Å². The van der Waals surface area contributed by atoms with Crippen LogP contribution in [-0.4, -0.2) is 30.8 Å². The molecule has 1 atom stereocenters. The fourth-order valence-corrected chi connectivity index (χ4v) is 3.51. The Kier molecular flexibility index (Phi) is 5.76. The first kappa shape index (κ1) is 15.6. The van der Waals surface area contributed by atoms with E-state index in [1.165, 1.54) is 9.88 Å². The van der Waals surface area contributed by atoms with E-state index in [4.69, 9.17) is 4.74 Å². The number of hydrogen-bond acceptors (Lipinski definition) is 4. The van der Waals surface area contributed by atoms with Crippen molar-refractivity contribution in [3.8, 4) is 0 Å². The molecule has 0 saturated heterocycles. The summed E-state index contributed by atoms with van der Waals surface area (Å²) < 4.78 is 5.81. The maximum absolute atomic E-state index is 5.81. The molecule has 0 radical (unpaired) electrons. The minimum atomic E-state index is -0.0950. The summed E-state index contributed by atoms with van der Waals surface area (Å²) in [4.78, 5) is 5.95. The van der Waals surface area contributed by atoms with Gasteiger partial charge in [-0.3, -0.25) is 0 Å². The van der Waals surface area contributed by atoms with E-state index in [-0.39, 0.29) is 5.60 Å². The van der Waals surface area contributed by atoms with E-state index in [0.717, 1.165) is 25.0 Å². The van der Waals surface area contributed by atoms with E-state index in [1.54, 1.807) is 11.3 Å². The van der Waals surface area contributed by atoms with Crippen LogP contribution in [0.3, 0.4) is 0 Å². The predicted molar refractivity (Wildman–Crippen MR) is 78.5 cm³/mol. The van der Waals surface area contributed by atoms with Gasteiger partial charge >= 0.3 is 0 Å². The first-order valence-electron chi connectivity index (χ1n) is 6.68. The zero-order valence-electron chi connectivity index (χ0n) is 12.5. The molecule has 0 aliphatic heterocycles. The van der Waals surface area contributed by atoms with Crippen LogP contribution in [0.25, 0.3) is 0 Å². The van der Waals surface area contributed by atoms with Crippen LogP contribution < -0.4 is 5.32 Å². The fraction of sp³-hybridized carbons (Fsp3) is 0.786. The quantitative estimate of drug-likeness (QED) is 0.826. The molecule has 18 heavy (non-hydrogen) atoms. The molecule has 1 rings (SSSR count). The number of hydrogen-bond donors (Lipinski definition) is 1. The first-order chi connectivity index (χ1) is 8.52. The van der Waals surface area contributed by atoms with Gasteiger partial charge in [0.05, 0.1) is 16.3 Å². The van der Waals surface area contributed by atoms with Crippen molar-refractivity contribution in [3.05, 3.63) is 15.6 Å². The van der Waals surface area contributed by atoms with Gasteiger partial charge in [0.1, 0.15) is 0 Å². The van der Waals surface area contributed by atoms with E-state index in [9.17, 15) is 0 Å². The summed E-state index contributed by atoms with van der Waals surface area (Å²) >= 11 is 1.80. The highest BCUT2D eigenvalue weighted by Crippen LogP contribution is 2.28. The second-order valence-electron chi connectivity index (χ2n) is 4.77. The third-order valence-corrected chi connectivity index (χ3v) is 5.13. The van der Waals surface area contributed by atoms with Gasteiger partial charge < -0.3 is 10.1 Å². The van der Waals surface area contributed by atoms with Gasteiger partial charge in [-0.05, 0) is 33.7 Å². The Labute approximate surface area is 115 Å². The van der Waals surface area contributed by atoms with Crippen LogP contribution >= 0.6 is 11.3 Å². The molecule has 0 aliphatic carbocycles.